The molecule has 1 unspecified atom stereocenters. The molecule has 2 aromatic carbocycles. The third-order valence-electron chi connectivity index (χ3n) is 2.89. The first-order chi connectivity index (χ1) is 9.06. The van der Waals surface area contributed by atoms with Crippen molar-refractivity contribution >= 4 is 15.9 Å². The van der Waals surface area contributed by atoms with Gasteiger partial charge in [0.15, 0.2) is 0 Å². The van der Waals surface area contributed by atoms with Crippen molar-refractivity contribution in [2.75, 3.05) is 0 Å². The molecule has 0 saturated heterocycles. The van der Waals surface area contributed by atoms with Crippen LogP contribution in [0.4, 0.5) is 0 Å². The molecule has 2 aromatic rings. The maximum Gasteiger partial charge on any atom is 0.130 e. The number of hydrogen-bond acceptors (Lipinski definition) is 2. The lowest BCUT2D eigenvalue weighted by atomic mass is 10.1. The number of aryl methyl sites for hydroxylation is 1. The molecule has 0 aliphatic rings. The summed E-state index contributed by atoms with van der Waals surface area (Å²) in [5.41, 5.74) is 8.15. The zero-order chi connectivity index (χ0) is 13.8. The molecule has 0 spiro atoms. The number of hydrogen-bond donors (Lipinski definition) is 1. The van der Waals surface area contributed by atoms with Gasteiger partial charge in [0.1, 0.15) is 11.5 Å². The van der Waals surface area contributed by atoms with E-state index in [4.69, 9.17) is 10.5 Å². The van der Waals surface area contributed by atoms with E-state index in [1.165, 1.54) is 5.56 Å². The van der Waals surface area contributed by atoms with Crippen LogP contribution in [0, 0.1) is 6.92 Å². The van der Waals surface area contributed by atoms with Gasteiger partial charge in [0.2, 0.25) is 0 Å². The zero-order valence-corrected chi connectivity index (χ0v) is 12.8. The zero-order valence-electron chi connectivity index (χ0n) is 11.2. The molecule has 0 aliphatic carbocycles. The topological polar surface area (TPSA) is 35.2 Å². The van der Waals surface area contributed by atoms with Crippen molar-refractivity contribution in [2.45, 2.75) is 26.3 Å². The van der Waals surface area contributed by atoms with Crippen molar-refractivity contribution in [3.8, 4) is 11.5 Å². The third kappa shape index (κ3) is 3.82. The van der Waals surface area contributed by atoms with Crippen LogP contribution in [0.5, 0.6) is 11.5 Å². The molecular weight excluding hydrogens is 302 g/mol. The van der Waals surface area contributed by atoms with Crippen molar-refractivity contribution in [1.82, 2.24) is 0 Å². The molecule has 0 fully saturated rings. The first-order valence-electron chi connectivity index (χ1n) is 6.34. The summed E-state index contributed by atoms with van der Waals surface area (Å²) in [6, 6.07) is 14.2. The third-order valence-corrected chi connectivity index (χ3v) is 3.63. The number of nitrogens with two attached hydrogens (primary N) is 1. The lowest BCUT2D eigenvalue weighted by Gasteiger charge is -2.12. The SMILES string of the molecule is Cc1ccccc1Oc1ccc(CC(C)N)c(Br)c1. The molecule has 0 bridgehead atoms. The van der Waals surface area contributed by atoms with E-state index in [9.17, 15) is 0 Å². The van der Waals surface area contributed by atoms with Crippen LogP contribution >= 0.6 is 15.9 Å². The van der Waals surface area contributed by atoms with Crippen molar-refractivity contribution < 1.29 is 4.74 Å². The maximum atomic E-state index is 5.89. The summed E-state index contributed by atoms with van der Waals surface area (Å²) in [5.74, 6) is 1.71. The molecule has 0 radical (unpaired) electrons. The molecule has 0 heterocycles. The van der Waals surface area contributed by atoms with E-state index in [0.29, 0.717) is 0 Å². The lowest BCUT2D eigenvalue weighted by molar-refractivity contribution is 0.478. The van der Waals surface area contributed by atoms with Gasteiger partial charge < -0.3 is 10.5 Å². The van der Waals surface area contributed by atoms with E-state index in [2.05, 4.69) is 22.0 Å². The highest BCUT2D eigenvalue weighted by Crippen LogP contribution is 2.29. The Balaban J connectivity index is 2.19. The second-order valence-electron chi connectivity index (χ2n) is 4.80. The fourth-order valence-corrected chi connectivity index (χ4v) is 2.42. The molecule has 0 aromatic heterocycles. The van der Waals surface area contributed by atoms with Crippen LogP contribution in [0.15, 0.2) is 46.9 Å². The Morgan fingerprint density at radius 3 is 2.58 bits per heavy atom. The molecule has 3 heteroatoms. The van der Waals surface area contributed by atoms with E-state index < -0.39 is 0 Å². The van der Waals surface area contributed by atoms with E-state index in [0.717, 1.165) is 28.0 Å². The Bertz CT molecular complexity index is 566. The molecule has 100 valence electrons. The van der Waals surface area contributed by atoms with Gasteiger partial charge in [-0.2, -0.15) is 0 Å². The van der Waals surface area contributed by atoms with E-state index in [1.54, 1.807) is 0 Å². The lowest BCUT2D eigenvalue weighted by Crippen LogP contribution is -2.17. The summed E-state index contributed by atoms with van der Waals surface area (Å²) >= 11 is 3.57. The van der Waals surface area contributed by atoms with E-state index in [-0.39, 0.29) is 6.04 Å². The average Bonchev–Trinajstić information content (AvgIpc) is 2.35. The average molecular weight is 320 g/mol. The first-order valence-corrected chi connectivity index (χ1v) is 7.13. The number of ether oxygens (including phenoxy) is 1. The second-order valence-corrected chi connectivity index (χ2v) is 5.66. The normalized spacial score (nSPS) is 12.2. The van der Waals surface area contributed by atoms with Gasteiger partial charge in [0.25, 0.3) is 0 Å². The molecule has 2 nitrogen and oxygen atoms in total. The predicted molar refractivity (Wildman–Crippen MR) is 82.7 cm³/mol. The van der Waals surface area contributed by atoms with Gasteiger partial charge in [-0.05, 0) is 49.6 Å². The van der Waals surface area contributed by atoms with Crippen LogP contribution in [0.3, 0.4) is 0 Å². The van der Waals surface area contributed by atoms with Crippen molar-refractivity contribution in [3.63, 3.8) is 0 Å². The minimum absolute atomic E-state index is 0.152. The summed E-state index contributed by atoms with van der Waals surface area (Å²) < 4.78 is 6.93. The molecule has 2 rings (SSSR count). The second kappa shape index (κ2) is 6.22. The van der Waals surface area contributed by atoms with Gasteiger partial charge in [0.05, 0.1) is 0 Å². The summed E-state index contributed by atoms with van der Waals surface area (Å²) in [6.07, 6.45) is 0.852. The molecule has 1 atom stereocenters. The van der Waals surface area contributed by atoms with Gasteiger partial charge in [-0.1, -0.05) is 40.2 Å². The minimum atomic E-state index is 0.152. The quantitative estimate of drug-likeness (QED) is 0.904. The molecule has 0 saturated carbocycles. The molecule has 2 N–H and O–H groups in total. The number of para-hydroxylation sites is 1. The number of rotatable bonds is 4. The minimum Gasteiger partial charge on any atom is -0.457 e. The largest absolute Gasteiger partial charge is 0.457 e. The van der Waals surface area contributed by atoms with Crippen LogP contribution in [-0.4, -0.2) is 6.04 Å². The highest BCUT2D eigenvalue weighted by atomic mass is 79.9. The molecule has 0 amide bonds. The summed E-state index contributed by atoms with van der Waals surface area (Å²) in [4.78, 5) is 0. The fraction of sp³-hybridized carbons (Fsp3) is 0.250. The highest BCUT2D eigenvalue weighted by Gasteiger charge is 2.06. The Kier molecular flexibility index (Phi) is 4.61. The van der Waals surface area contributed by atoms with Crippen molar-refractivity contribution in [2.24, 2.45) is 5.73 Å². The molecule has 19 heavy (non-hydrogen) atoms. The Morgan fingerprint density at radius 2 is 1.95 bits per heavy atom. The molecule has 0 aliphatic heterocycles. The van der Waals surface area contributed by atoms with Gasteiger partial charge in [-0.3, -0.25) is 0 Å². The van der Waals surface area contributed by atoms with Crippen LogP contribution in [0.1, 0.15) is 18.1 Å². The fourth-order valence-electron chi connectivity index (χ4n) is 1.90. The predicted octanol–water partition coefficient (Wildman–Crippen LogP) is 4.44. The van der Waals surface area contributed by atoms with Gasteiger partial charge in [0, 0.05) is 10.5 Å². The monoisotopic (exact) mass is 319 g/mol. The standard InChI is InChI=1S/C16H18BrNO/c1-11-5-3-4-6-16(11)19-14-8-7-13(9-12(2)18)15(17)10-14/h3-8,10,12H,9,18H2,1-2H3. The summed E-state index contributed by atoms with van der Waals surface area (Å²) in [5, 5.41) is 0. The van der Waals surface area contributed by atoms with Crippen LogP contribution in [0.2, 0.25) is 0 Å². The maximum absolute atomic E-state index is 5.89. The first kappa shape index (κ1) is 14.1. The smallest absolute Gasteiger partial charge is 0.130 e. The van der Waals surface area contributed by atoms with Gasteiger partial charge >= 0.3 is 0 Å². The number of halogens is 1. The summed E-state index contributed by atoms with van der Waals surface area (Å²) in [7, 11) is 0. The highest BCUT2D eigenvalue weighted by molar-refractivity contribution is 9.10. The van der Waals surface area contributed by atoms with Gasteiger partial charge in [-0.15, -0.1) is 0 Å². The van der Waals surface area contributed by atoms with Crippen LogP contribution in [-0.2, 0) is 6.42 Å². The molecular formula is C16H18BrNO. The van der Waals surface area contributed by atoms with Crippen molar-refractivity contribution in [1.29, 1.82) is 0 Å². The van der Waals surface area contributed by atoms with Gasteiger partial charge in [-0.25, -0.2) is 0 Å². The Hall–Kier alpha value is -1.32. The summed E-state index contributed by atoms with van der Waals surface area (Å²) in [6.45, 7) is 4.04. The number of benzene rings is 2. The van der Waals surface area contributed by atoms with Crippen LogP contribution < -0.4 is 10.5 Å². The van der Waals surface area contributed by atoms with E-state index >= 15 is 0 Å². The van der Waals surface area contributed by atoms with Crippen LogP contribution in [0.25, 0.3) is 0 Å². The Morgan fingerprint density at radius 1 is 1.21 bits per heavy atom. The Labute approximate surface area is 122 Å². The van der Waals surface area contributed by atoms with E-state index in [1.807, 2.05) is 50.2 Å². The van der Waals surface area contributed by atoms with Crippen molar-refractivity contribution in [3.05, 3.63) is 58.1 Å².